The van der Waals surface area contributed by atoms with E-state index in [0.717, 1.165) is 11.3 Å². The predicted molar refractivity (Wildman–Crippen MR) is 73.9 cm³/mol. The molecule has 2 rings (SSSR count). The molecule has 0 bridgehead atoms. The lowest BCUT2D eigenvalue weighted by atomic mass is 10.2. The van der Waals surface area contributed by atoms with Gasteiger partial charge in [0.25, 0.3) is 0 Å². The summed E-state index contributed by atoms with van der Waals surface area (Å²) in [5.74, 6) is 0. The number of nitrogens with one attached hydrogen (secondary N) is 1. The zero-order chi connectivity index (χ0) is 13.1. The highest BCUT2D eigenvalue weighted by molar-refractivity contribution is 6.36. The van der Waals surface area contributed by atoms with Crippen molar-refractivity contribution < 1.29 is 0 Å². The summed E-state index contributed by atoms with van der Waals surface area (Å²) in [7, 11) is 1.84. The Morgan fingerprint density at radius 2 is 2.11 bits per heavy atom. The number of hydrogen-bond acceptors (Lipinski definition) is 2. The molecule has 2 aromatic rings. The normalized spacial score (nSPS) is 10.1. The van der Waals surface area contributed by atoms with Crippen LogP contribution in [0.25, 0.3) is 0 Å². The molecule has 0 amide bonds. The first-order valence-corrected chi connectivity index (χ1v) is 6.10. The van der Waals surface area contributed by atoms with Gasteiger partial charge in [-0.2, -0.15) is 5.26 Å². The van der Waals surface area contributed by atoms with E-state index in [1.165, 1.54) is 0 Å². The van der Waals surface area contributed by atoms with Gasteiger partial charge < -0.3 is 9.88 Å². The maximum absolute atomic E-state index is 8.86. The SMILES string of the molecule is Cn1cc(CNc2ccc(Cl)cc2Cl)cc1C#N. The molecule has 92 valence electrons. The van der Waals surface area contributed by atoms with Crippen LogP contribution in [0.1, 0.15) is 11.3 Å². The number of nitrogens with zero attached hydrogens (tertiary/aromatic N) is 2. The Hall–Kier alpha value is -1.63. The number of halogens is 2. The minimum absolute atomic E-state index is 0.582. The monoisotopic (exact) mass is 279 g/mol. The van der Waals surface area contributed by atoms with Gasteiger partial charge in [-0.1, -0.05) is 23.2 Å². The van der Waals surface area contributed by atoms with Gasteiger partial charge in [-0.25, -0.2) is 0 Å². The van der Waals surface area contributed by atoms with E-state index < -0.39 is 0 Å². The van der Waals surface area contributed by atoms with E-state index in [2.05, 4.69) is 11.4 Å². The molecule has 1 heterocycles. The number of benzene rings is 1. The molecule has 0 unspecified atom stereocenters. The smallest absolute Gasteiger partial charge is 0.120 e. The molecule has 5 heteroatoms. The minimum atomic E-state index is 0.582. The molecule has 0 fully saturated rings. The summed E-state index contributed by atoms with van der Waals surface area (Å²) in [4.78, 5) is 0. The lowest BCUT2D eigenvalue weighted by Gasteiger charge is -2.07. The van der Waals surface area contributed by atoms with Crippen LogP contribution in [0.15, 0.2) is 30.5 Å². The van der Waals surface area contributed by atoms with Crippen molar-refractivity contribution in [3.63, 3.8) is 0 Å². The molecule has 0 aliphatic carbocycles. The third kappa shape index (κ3) is 2.79. The van der Waals surface area contributed by atoms with Gasteiger partial charge in [0.1, 0.15) is 11.8 Å². The molecule has 0 atom stereocenters. The molecule has 0 aliphatic heterocycles. The fourth-order valence-electron chi connectivity index (χ4n) is 1.67. The first-order valence-electron chi connectivity index (χ1n) is 5.34. The third-order valence-corrected chi connectivity index (χ3v) is 3.14. The van der Waals surface area contributed by atoms with Crippen LogP contribution in [0.5, 0.6) is 0 Å². The Kier molecular flexibility index (Phi) is 3.81. The third-order valence-electron chi connectivity index (χ3n) is 2.59. The number of aryl methyl sites for hydroxylation is 1. The van der Waals surface area contributed by atoms with Crippen LogP contribution < -0.4 is 5.32 Å². The van der Waals surface area contributed by atoms with Crippen molar-refractivity contribution >= 4 is 28.9 Å². The molecular weight excluding hydrogens is 269 g/mol. The average Bonchev–Trinajstić information content (AvgIpc) is 2.69. The summed E-state index contributed by atoms with van der Waals surface area (Å²) in [6, 6.07) is 9.27. The van der Waals surface area contributed by atoms with E-state index in [0.29, 0.717) is 22.3 Å². The minimum Gasteiger partial charge on any atom is -0.380 e. The van der Waals surface area contributed by atoms with E-state index in [1.807, 2.05) is 25.4 Å². The van der Waals surface area contributed by atoms with E-state index in [9.17, 15) is 0 Å². The molecule has 0 saturated carbocycles. The van der Waals surface area contributed by atoms with Crippen LogP contribution >= 0.6 is 23.2 Å². The van der Waals surface area contributed by atoms with E-state index in [-0.39, 0.29) is 0 Å². The molecule has 3 nitrogen and oxygen atoms in total. The first kappa shape index (κ1) is 12.8. The maximum atomic E-state index is 8.86. The highest BCUT2D eigenvalue weighted by Gasteiger charge is 2.04. The quantitative estimate of drug-likeness (QED) is 0.928. The highest BCUT2D eigenvalue weighted by atomic mass is 35.5. The van der Waals surface area contributed by atoms with Crippen molar-refractivity contribution in [2.45, 2.75) is 6.54 Å². The molecule has 1 aromatic carbocycles. The molecule has 0 spiro atoms. The summed E-state index contributed by atoms with van der Waals surface area (Å²) in [5.41, 5.74) is 2.48. The molecule has 0 saturated heterocycles. The Morgan fingerprint density at radius 1 is 1.33 bits per heavy atom. The van der Waals surface area contributed by atoms with Gasteiger partial charge in [-0.3, -0.25) is 0 Å². The van der Waals surface area contributed by atoms with Crippen molar-refractivity contribution in [3.05, 3.63) is 51.8 Å². The molecule has 1 N–H and O–H groups in total. The second kappa shape index (κ2) is 5.34. The van der Waals surface area contributed by atoms with Crippen LogP contribution in [0.3, 0.4) is 0 Å². The second-order valence-electron chi connectivity index (χ2n) is 3.93. The van der Waals surface area contributed by atoms with Crippen molar-refractivity contribution in [1.82, 2.24) is 4.57 Å². The second-order valence-corrected chi connectivity index (χ2v) is 4.78. The van der Waals surface area contributed by atoms with Crippen LogP contribution in [0, 0.1) is 11.3 Å². The van der Waals surface area contributed by atoms with Crippen molar-refractivity contribution in [2.24, 2.45) is 7.05 Å². The zero-order valence-electron chi connectivity index (χ0n) is 9.74. The van der Waals surface area contributed by atoms with Gasteiger partial charge in [0.05, 0.1) is 10.7 Å². The van der Waals surface area contributed by atoms with E-state index in [1.54, 1.807) is 16.7 Å². The van der Waals surface area contributed by atoms with Gasteiger partial charge in [0, 0.05) is 24.8 Å². The largest absolute Gasteiger partial charge is 0.380 e. The molecule has 0 radical (unpaired) electrons. The van der Waals surface area contributed by atoms with Gasteiger partial charge in [-0.05, 0) is 29.8 Å². The Bertz CT molecular complexity index is 611. The van der Waals surface area contributed by atoms with Gasteiger partial charge >= 0.3 is 0 Å². The van der Waals surface area contributed by atoms with Crippen LogP contribution in [-0.2, 0) is 13.6 Å². The Labute approximate surface area is 116 Å². The average molecular weight is 280 g/mol. The molecule has 0 aliphatic rings. The summed E-state index contributed by atoms with van der Waals surface area (Å²) in [6.07, 6.45) is 1.91. The summed E-state index contributed by atoms with van der Waals surface area (Å²) < 4.78 is 1.79. The van der Waals surface area contributed by atoms with Crippen molar-refractivity contribution in [2.75, 3.05) is 5.32 Å². The van der Waals surface area contributed by atoms with Crippen molar-refractivity contribution in [3.8, 4) is 6.07 Å². The number of hydrogen-bond donors (Lipinski definition) is 1. The van der Waals surface area contributed by atoms with Gasteiger partial charge in [0.15, 0.2) is 0 Å². The van der Waals surface area contributed by atoms with Gasteiger partial charge in [0.2, 0.25) is 0 Å². The predicted octanol–water partition coefficient (Wildman–Crippen LogP) is 3.82. The number of rotatable bonds is 3. The van der Waals surface area contributed by atoms with Crippen LogP contribution in [-0.4, -0.2) is 4.57 Å². The topological polar surface area (TPSA) is 40.8 Å². The lowest BCUT2D eigenvalue weighted by molar-refractivity contribution is 0.902. The summed E-state index contributed by atoms with van der Waals surface area (Å²) in [6.45, 7) is 0.608. The molecule has 18 heavy (non-hydrogen) atoms. The number of nitriles is 1. The van der Waals surface area contributed by atoms with Crippen molar-refractivity contribution in [1.29, 1.82) is 5.26 Å². The van der Waals surface area contributed by atoms with Gasteiger partial charge in [-0.15, -0.1) is 0 Å². The Balaban J connectivity index is 2.09. The highest BCUT2D eigenvalue weighted by Crippen LogP contribution is 2.25. The molecule has 1 aromatic heterocycles. The number of aromatic nitrogens is 1. The maximum Gasteiger partial charge on any atom is 0.120 e. The first-order chi connectivity index (χ1) is 8.60. The number of anilines is 1. The lowest BCUT2D eigenvalue weighted by Crippen LogP contribution is -1.98. The zero-order valence-corrected chi connectivity index (χ0v) is 11.3. The van der Waals surface area contributed by atoms with Crippen LogP contribution in [0.4, 0.5) is 5.69 Å². The van der Waals surface area contributed by atoms with Crippen LogP contribution in [0.2, 0.25) is 10.0 Å². The fourth-order valence-corrected chi connectivity index (χ4v) is 2.15. The van der Waals surface area contributed by atoms with E-state index >= 15 is 0 Å². The summed E-state index contributed by atoms with van der Waals surface area (Å²) >= 11 is 11.9. The fraction of sp³-hybridized carbons (Fsp3) is 0.154. The van der Waals surface area contributed by atoms with E-state index in [4.69, 9.17) is 28.5 Å². The Morgan fingerprint density at radius 3 is 2.72 bits per heavy atom. The summed E-state index contributed by atoms with van der Waals surface area (Å²) in [5, 5.41) is 13.3. The standard InChI is InChI=1S/C13H11Cl2N3/c1-18-8-9(4-11(18)6-16)7-17-13-3-2-10(14)5-12(13)15/h2-5,8,17H,7H2,1H3. The molecular formula is C13H11Cl2N3.